The molecule has 0 aromatic carbocycles. The molecule has 4 heterocycles. The van der Waals surface area contributed by atoms with Crippen LogP contribution in [-0.2, 0) is 4.74 Å². The Hall–Kier alpha value is -3.46. The second-order valence-electron chi connectivity index (χ2n) is 7.53. The van der Waals surface area contributed by atoms with Gasteiger partial charge in [-0.05, 0) is 31.4 Å². The number of primary amides is 1. The summed E-state index contributed by atoms with van der Waals surface area (Å²) >= 11 is 0. The maximum Gasteiger partial charge on any atom is 0.254 e. The van der Waals surface area contributed by atoms with Crippen LogP contribution >= 0.6 is 0 Å². The van der Waals surface area contributed by atoms with E-state index in [4.69, 9.17) is 15.5 Å². The van der Waals surface area contributed by atoms with Crippen molar-refractivity contribution in [2.24, 2.45) is 5.73 Å². The lowest BCUT2D eigenvalue weighted by atomic mass is 10.1. The van der Waals surface area contributed by atoms with Gasteiger partial charge in [-0.25, -0.2) is 9.97 Å². The zero-order valence-electron chi connectivity index (χ0n) is 16.9. The van der Waals surface area contributed by atoms with Crippen molar-refractivity contribution in [2.45, 2.75) is 31.4 Å². The lowest BCUT2D eigenvalue weighted by Crippen LogP contribution is -2.20. The van der Waals surface area contributed by atoms with Crippen molar-refractivity contribution in [3.05, 3.63) is 42.4 Å². The third-order valence-electron chi connectivity index (χ3n) is 5.94. The normalized spacial score (nSPS) is 19.0. The Bertz CT molecular complexity index is 1260. The number of nitrogens with two attached hydrogens (primary N) is 1. The summed E-state index contributed by atoms with van der Waals surface area (Å²) in [6.07, 6.45) is 8.71. The molecular weight excluding hydrogens is 382 g/mol. The van der Waals surface area contributed by atoms with E-state index in [1.54, 1.807) is 24.9 Å². The molecular formula is C21H23N7O2. The van der Waals surface area contributed by atoms with Crippen LogP contribution in [0.3, 0.4) is 0 Å². The third kappa shape index (κ3) is 2.73. The summed E-state index contributed by atoms with van der Waals surface area (Å²) in [7, 11) is 3.57. The summed E-state index contributed by atoms with van der Waals surface area (Å²) in [5.41, 5.74) is 8.80. The van der Waals surface area contributed by atoms with Crippen molar-refractivity contribution in [3.8, 4) is 11.3 Å². The van der Waals surface area contributed by atoms with Crippen LogP contribution in [0.2, 0.25) is 0 Å². The zero-order valence-corrected chi connectivity index (χ0v) is 16.9. The van der Waals surface area contributed by atoms with Gasteiger partial charge < -0.3 is 20.4 Å². The smallest absolute Gasteiger partial charge is 0.254 e. The van der Waals surface area contributed by atoms with Crippen LogP contribution in [0.25, 0.3) is 27.9 Å². The number of hydrogen-bond donors (Lipinski definition) is 2. The quantitative estimate of drug-likeness (QED) is 0.528. The number of methoxy groups -OCH3 is 1. The van der Waals surface area contributed by atoms with Crippen molar-refractivity contribution < 1.29 is 9.53 Å². The highest BCUT2D eigenvalue weighted by Gasteiger charge is 2.30. The fourth-order valence-corrected chi connectivity index (χ4v) is 4.49. The van der Waals surface area contributed by atoms with Gasteiger partial charge in [0.1, 0.15) is 17.0 Å². The molecule has 1 fully saturated rings. The first-order valence-electron chi connectivity index (χ1n) is 9.97. The van der Waals surface area contributed by atoms with E-state index in [1.165, 1.54) is 6.20 Å². The number of fused-ring (bicyclic) bond motifs is 2. The van der Waals surface area contributed by atoms with Crippen LogP contribution in [0.1, 0.15) is 35.7 Å². The van der Waals surface area contributed by atoms with Crippen molar-refractivity contribution >= 4 is 28.4 Å². The van der Waals surface area contributed by atoms with Gasteiger partial charge in [-0.3, -0.25) is 4.79 Å². The molecule has 30 heavy (non-hydrogen) atoms. The topological polar surface area (TPSA) is 112 Å². The number of nitrogens with one attached hydrogen (secondary N) is 1. The minimum Gasteiger partial charge on any atom is -0.379 e. The summed E-state index contributed by atoms with van der Waals surface area (Å²) in [6.45, 7) is 0. The fraction of sp³-hybridized carbons (Fsp3) is 0.333. The zero-order chi connectivity index (χ0) is 20.8. The molecule has 1 amide bonds. The van der Waals surface area contributed by atoms with Crippen LogP contribution in [0.15, 0.2) is 36.8 Å². The van der Waals surface area contributed by atoms with Gasteiger partial charge in [0.25, 0.3) is 5.91 Å². The number of nitrogens with zero attached hydrogens (tertiary/aromatic N) is 5. The van der Waals surface area contributed by atoms with E-state index in [-0.39, 0.29) is 17.7 Å². The molecule has 4 aromatic heterocycles. The van der Waals surface area contributed by atoms with Crippen LogP contribution in [0.5, 0.6) is 0 Å². The maximum atomic E-state index is 11.9. The molecule has 9 heteroatoms. The Labute approximate surface area is 172 Å². The Morgan fingerprint density at radius 1 is 1.33 bits per heavy atom. The predicted molar refractivity (Wildman–Crippen MR) is 113 cm³/mol. The Morgan fingerprint density at radius 3 is 2.97 bits per heavy atom. The number of aromatic nitrogens is 5. The Morgan fingerprint density at radius 2 is 2.20 bits per heavy atom. The monoisotopic (exact) mass is 405 g/mol. The molecule has 1 aliphatic carbocycles. The van der Waals surface area contributed by atoms with Crippen LogP contribution < -0.4 is 11.1 Å². The first-order chi connectivity index (χ1) is 14.6. The van der Waals surface area contributed by atoms with Gasteiger partial charge in [0.15, 0.2) is 5.65 Å². The van der Waals surface area contributed by atoms with Crippen LogP contribution in [-0.4, -0.2) is 50.3 Å². The number of ether oxygens (including phenoxy) is 1. The van der Waals surface area contributed by atoms with E-state index in [2.05, 4.69) is 26.2 Å². The summed E-state index contributed by atoms with van der Waals surface area (Å²) in [6, 6.07) is 6.11. The van der Waals surface area contributed by atoms with Gasteiger partial charge in [-0.15, -0.1) is 0 Å². The lowest BCUT2D eigenvalue weighted by Gasteiger charge is -2.20. The molecule has 2 atom stereocenters. The number of rotatable bonds is 5. The summed E-state index contributed by atoms with van der Waals surface area (Å²) in [5, 5.41) is 8.38. The van der Waals surface area contributed by atoms with Crippen molar-refractivity contribution in [2.75, 3.05) is 19.5 Å². The van der Waals surface area contributed by atoms with Gasteiger partial charge in [-0.2, -0.15) is 9.61 Å². The van der Waals surface area contributed by atoms with E-state index >= 15 is 0 Å². The molecule has 0 aliphatic heterocycles. The van der Waals surface area contributed by atoms with Gasteiger partial charge in [0.05, 0.1) is 24.0 Å². The second-order valence-corrected chi connectivity index (χ2v) is 7.53. The van der Waals surface area contributed by atoms with Gasteiger partial charge in [-0.1, -0.05) is 0 Å². The molecule has 0 spiro atoms. The highest BCUT2D eigenvalue weighted by Crippen LogP contribution is 2.38. The number of pyridine rings is 1. The van der Waals surface area contributed by atoms with E-state index in [0.717, 1.165) is 41.6 Å². The van der Waals surface area contributed by atoms with Gasteiger partial charge >= 0.3 is 0 Å². The number of carbonyl (C=O) groups excluding carboxylic acids is 1. The van der Waals surface area contributed by atoms with Crippen LogP contribution in [0, 0.1) is 0 Å². The van der Waals surface area contributed by atoms with E-state index in [1.807, 2.05) is 18.2 Å². The number of carbonyl (C=O) groups is 1. The van der Waals surface area contributed by atoms with E-state index < -0.39 is 5.91 Å². The first kappa shape index (κ1) is 18.6. The number of hydrogen-bond acceptors (Lipinski definition) is 6. The van der Waals surface area contributed by atoms with Crippen molar-refractivity contribution in [3.63, 3.8) is 0 Å². The molecule has 1 saturated carbocycles. The lowest BCUT2D eigenvalue weighted by molar-refractivity contribution is 0.0762. The average Bonchev–Trinajstić information content (AvgIpc) is 3.48. The highest BCUT2D eigenvalue weighted by molar-refractivity contribution is 6.00. The van der Waals surface area contributed by atoms with Crippen molar-refractivity contribution in [1.82, 2.24) is 24.1 Å². The SMILES string of the molecule is CNc1cc(-c2cn([C@H]3CCC[C@@H]3OC)c3ncccc23)nc2c(C(N)=O)cnn12. The standard InChI is InChI=1S/C21H23N7O2/c1-23-18-9-15(26-21-13(19(22)29)10-25-28(18)21)14-11-27(16-6-3-7-17(16)30-2)20-12(14)5-4-8-24-20/h4-5,8-11,16-17,23H,3,6-7H2,1-2H3,(H2,22,29)/t16-,17-/m0/s1. The van der Waals surface area contributed by atoms with Gasteiger partial charge in [0.2, 0.25) is 0 Å². The second kappa shape index (κ2) is 7.10. The first-order valence-corrected chi connectivity index (χ1v) is 9.97. The average molecular weight is 405 g/mol. The molecule has 4 aromatic rings. The summed E-state index contributed by atoms with van der Waals surface area (Å²) in [4.78, 5) is 21.3. The molecule has 0 bridgehead atoms. The van der Waals surface area contributed by atoms with E-state index in [0.29, 0.717) is 11.5 Å². The minimum atomic E-state index is -0.560. The molecule has 5 rings (SSSR count). The molecule has 154 valence electrons. The fourth-order valence-electron chi connectivity index (χ4n) is 4.49. The van der Waals surface area contributed by atoms with Crippen molar-refractivity contribution in [1.29, 1.82) is 0 Å². The molecule has 3 N–H and O–H groups in total. The van der Waals surface area contributed by atoms with E-state index in [9.17, 15) is 4.79 Å². The van der Waals surface area contributed by atoms with Gasteiger partial charge in [0, 0.05) is 43.6 Å². The third-order valence-corrected chi connectivity index (χ3v) is 5.94. The number of amides is 1. The number of anilines is 1. The largest absolute Gasteiger partial charge is 0.379 e. The molecule has 9 nitrogen and oxygen atoms in total. The summed E-state index contributed by atoms with van der Waals surface area (Å²) in [5.74, 6) is 0.151. The Balaban J connectivity index is 1.75. The molecule has 0 unspecified atom stereocenters. The Kier molecular flexibility index (Phi) is 4.39. The maximum absolute atomic E-state index is 11.9. The van der Waals surface area contributed by atoms with Crippen LogP contribution in [0.4, 0.5) is 5.82 Å². The molecule has 0 saturated heterocycles. The minimum absolute atomic E-state index is 0.162. The highest BCUT2D eigenvalue weighted by atomic mass is 16.5. The molecule has 0 radical (unpaired) electrons. The molecule has 1 aliphatic rings. The summed E-state index contributed by atoms with van der Waals surface area (Å²) < 4.78 is 9.52. The predicted octanol–water partition coefficient (Wildman–Crippen LogP) is 2.63.